The van der Waals surface area contributed by atoms with Crippen LogP contribution in [-0.4, -0.2) is 46.0 Å². The number of ether oxygens (including phenoxy) is 1. The quantitative estimate of drug-likeness (QED) is 0.809. The fraction of sp³-hybridized carbons (Fsp3) is 0.375. The maximum atomic E-state index is 12.6. The fourth-order valence-electron chi connectivity index (χ4n) is 2.77. The van der Waals surface area contributed by atoms with E-state index in [-0.39, 0.29) is 0 Å². The fourth-order valence-corrected chi connectivity index (χ4v) is 5.49. The minimum absolute atomic E-state index is 0.399. The number of anilines is 1. The summed E-state index contributed by atoms with van der Waals surface area (Å²) in [7, 11) is -1.77. The number of aryl methyl sites for hydroxylation is 1. The van der Waals surface area contributed by atoms with E-state index < -0.39 is 10.0 Å². The van der Waals surface area contributed by atoms with Crippen LogP contribution in [0.2, 0.25) is 5.02 Å². The molecule has 0 radical (unpaired) electrons. The van der Waals surface area contributed by atoms with Crippen molar-refractivity contribution in [3.63, 3.8) is 0 Å². The Kier molecular flexibility index (Phi) is 5.05. The molecular weight excluding hydrogens is 368 g/mol. The molecule has 1 aliphatic rings. The molecule has 0 saturated carbocycles. The Balaban J connectivity index is 1.78. The van der Waals surface area contributed by atoms with E-state index >= 15 is 0 Å². The third kappa shape index (κ3) is 3.26. The molecule has 8 heteroatoms. The summed E-state index contributed by atoms with van der Waals surface area (Å²) >= 11 is 7.41. The summed E-state index contributed by atoms with van der Waals surface area (Å²) in [6.45, 7) is 4.07. The van der Waals surface area contributed by atoms with Crippen molar-refractivity contribution in [2.24, 2.45) is 0 Å². The van der Waals surface area contributed by atoms with Gasteiger partial charge >= 0.3 is 0 Å². The molecule has 0 amide bonds. The van der Waals surface area contributed by atoms with Crippen LogP contribution < -0.4 is 9.64 Å². The molecule has 0 N–H and O–H groups in total. The zero-order chi connectivity index (χ0) is 17.3. The Hall–Kier alpha value is -1.28. The summed E-state index contributed by atoms with van der Waals surface area (Å²) in [4.78, 5) is 2.14. The number of thiophene rings is 1. The van der Waals surface area contributed by atoms with Crippen molar-refractivity contribution in [1.82, 2.24) is 4.31 Å². The number of nitrogens with zero attached hydrogens (tertiary/aromatic N) is 2. The molecular formula is C16H19ClN2O3S2. The maximum absolute atomic E-state index is 12.6. The number of hydrogen-bond donors (Lipinski definition) is 0. The third-order valence-corrected chi connectivity index (χ3v) is 7.81. The molecule has 1 saturated heterocycles. The van der Waals surface area contributed by atoms with Gasteiger partial charge in [0.1, 0.15) is 9.96 Å². The number of methoxy groups -OCH3 is 1. The molecule has 24 heavy (non-hydrogen) atoms. The van der Waals surface area contributed by atoms with Gasteiger partial charge in [-0.2, -0.15) is 4.31 Å². The molecule has 0 aliphatic carbocycles. The minimum atomic E-state index is -3.38. The van der Waals surface area contributed by atoms with Crippen molar-refractivity contribution in [1.29, 1.82) is 0 Å². The van der Waals surface area contributed by atoms with Crippen LogP contribution in [0, 0.1) is 6.92 Å². The van der Waals surface area contributed by atoms with E-state index in [0.29, 0.717) is 41.2 Å². The maximum Gasteiger partial charge on any atom is 0.252 e. The van der Waals surface area contributed by atoms with Gasteiger partial charge in [-0.3, -0.25) is 0 Å². The van der Waals surface area contributed by atoms with Crippen molar-refractivity contribution in [3.8, 4) is 5.75 Å². The van der Waals surface area contributed by atoms with Crippen molar-refractivity contribution >= 4 is 38.6 Å². The van der Waals surface area contributed by atoms with Gasteiger partial charge in [0, 0.05) is 37.3 Å². The molecule has 1 aromatic carbocycles. The highest BCUT2D eigenvalue weighted by molar-refractivity contribution is 7.91. The first-order chi connectivity index (χ1) is 11.4. The van der Waals surface area contributed by atoms with Crippen LogP contribution in [0.4, 0.5) is 5.69 Å². The lowest BCUT2D eigenvalue weighted by Gasteiger charge is -2.36. The van der Waals surface area contributed by atoms with E-state index in [1.54, 1.807) is 35.0 Å². The van der Waals surface area contributed by atoms with Crippen molar-refractivity contribution in [3.05, 3.63) is 40.2 Å². The van der Waals surface area contributed by atoms with Crippen LogP contribution in [0.3, 0.4) is 0 Å². The standard InChI is InChI=1S/C16H19ClN2O3S2/c1-12-10-14(15(22-2)11-13(12)17)18-5-7-19(8-6-18)24(20,21)16-4-3-9-23-16/h3-4,9-11H,5-8H2,1-2H3. The molecule has 3 rings (SSSR count). The molecule has 2 aromatic rings. The number of piperazine rings is 1. The first kappa shape index (κ1) is 17.5. The van der Waals surface area contributed by atoms with Gasteiger partial charge in [0.25, 0.3) is 10.0 Å². The predicted molar refractivity (Wildman–Crippen MR) is 98.0 cm³/mol. The molecule has 2 heterocycles. The average Bonchev–Trinajstić information content (AvgIpc) is 3.12. The van der Waals surface area contributed by atoms with Gasteiger partial charge in [0.15, 0.2) is 0 Å². The Bertz CT molecular complexity index is 814. The number of hydrogen-bond acceptors (Lipinski definition) is 5. The molecule has 0 spiro atoms. The number of rotatable bonds is 4. The Labute approximate surface area is 151 Å². The summed E-state index contributed by atoms with van der Waals surface area (Å²) in [5.41, 5.74) is 1.92. The highest BCUT2D eigenvalue weighted by Gasteiger charge is 2.30. The van der Waals surface area contributed by atoms with Crippen LogP contribution in [0.5, 0.6) is 5.75 Å². The largest absolute Gasteiger partial charge is 0.495 e. The first-order valence-corrected chi connectivity index (χ1v) is 10.3. The van der Waals surface area contributed by atoms with Crippen LogP contribution in [0.15, 0.2) is 33.9 Å². The highest BCUT2D eigenvalue weighted by atomic mass is 35.5. The topological polar surface area (TPSA) is 49.9 Å². The highest BCUT2D eigenvalue weighted by Crippen LogP contribution is 2.34. The molecule has 1 fully saturated rings. The second-order valence-corrected chi connectivity index (χ2v) is 9.12. The van der Waals surface area contributed by atoms with Crippen molar-refractivity contribution in [2.75, 3.05) is 38.2 Å². The van der Waals surface area contributed by atoms with Gasteiger partial charge in [0.05, 0.1) is 12.8 Å². The van der Waals surface area contributed by atoms with Crippen molar-refractivity contribution < 1.29 is 13.2 Å². The van der Waals surface area contributed by atoms with E-state index in [9.17, 15) is 8.42 Å². The van der Waals surface area contributed by atoms with Gasteiger partial charge in [-0.05, 0) is 30.0 Å². The molecule has 1 aliphatic heterocycles. The zero-order valence-corrected chi connectivity index (χ0v) is 15.9. The van der Waals surface area contributed by atoms with Gasteiger partial charge < -0.3 is 9.64 Å². The number of sulfonamides is 1. The lowest BCUT2D eigenvalue weighted by atomic mass is 10.1. The lowest BCUT2D eigenvalue weighted by molar-refractivity contribution is 0.379. The van der Waals surface area contributed by atoms with E-state index in [1.807, 2.05) is 13.0 Å². The SMILES string of the molecule is COc1cc(Cl)c(C)cc1N1CCN(S(=O)(=O)c2cccs2)CC1. The Morgan fingerprint density at radius 3 is 2.50 bits per heavy atom. The summed E-state index contributed by atoms with van der Waals surface area (Å²) in [6, 6.07) is 7.21. The normalized spacial score (nSPS) is 16.4. The Morgan fingerprint density at radius 1 is 1.21 bits per heavy atom. The van der Waals surface area contributed by atoms with E-state index in [2.05, 4.69) is 4.90 Å². The average molecular weight is 387 g/mol. The molecule has 0 atom stereocenters. The van der Waals surface area contributed by atoms with E-state index in [0.717, 1.165) is 11.3 Å². The molecule has 1 aromatic heterocycles. The zero-order valence-electron chi connectivity index (χ0n) is 13.5. The summed E-state index contributed by atoms with van der Waals surface area (Å²) in [6.07, 6.45) is 0. The van der Waals surface area contributed by atoms with Gasteiger partial charge in [-0.15, -0.1) is 11.3 Å². The summed E-state index contributed by atoms with van der Waals surface area (Å²) in [5.74, 6) is 0.708. The molecule has 0 bridgehead atoms. The second kappa shape index (κ2) is 6.92. The van der Waals surface area contributed by atoms with Gasteiger partial charge in [0.2, 0.25) is 0 Å². The molecule has 5 nitrogen and oxygen atoms in total. The summed E-state index contributed by atoms with van der Waals surface area (Å²) < 4.78 is 32.6. The monoisotopic (exact) mass is 386 g/mol. The smallest absolute Gasteiger partial charge is 0.252 e. The van der Waals surface area contributed by atoms with E-state index in [1.165, 1.54) is 11.3 Å². The Morgan fingerprint density at radius 2 is 1.92 bits per heavy atom. The van der Waals surface area contributed by atoms with Crippen LogP contribution in [0.1, 0.15) is 5.56 Å². The molecule has 0 unspecified atom stereocenters. The van der Waals surface area contributed by atoms with Gasteiger partial charge in [-0.25, -0.2) is 8.42 Å². The third-order valence-electron chi connectivity index (χ3n) is 4.13. The summed E-state index contributed by atoms with van der Waals surface area (Å²) in [5, 5.41) is 2.44. The van der Waals surface area contributed by atoms with Crippen molar-refractivity contribution in [2.45, 2.75) is 11.1 Å². The number of halogens is 1. The van der Waals surface area contributed by atoms with Gasteiger partial charge in [-0.1, -0.05) is 17.7 Å². The van der Waals surface area contributed by atoms with Crippen LogP contribution >= 0.6 is 22.9 Å². The lowest BCUT2D eigenvalue weighted by Crippen LogP contribution is -2.48. The predicted octanol–water partition coefficient (Wildman–Crippen LogP) is 3.23. The van der Waals surface area contributed by atoms with Crippen LogP contribution in [-0.2, 0) is 10.0 Å². The minimum Gasteiger partial charge on any atom is -0.495 e. The van der Waals surface area contributed by atoms with E-state index in [4.69, 9.17) is 16.3 Å². The van der Waals surface area contributed by atoms with Crippen LogP contribution in [0.25, 0.3) is 0 Å². The molecule has 130 valence electrons. The second-order valence-electron chi connectivity index (χ2n) is 5.60. The first-order valence-electron chi connectivity index (χ1n) is 7.56. The number of benzene rings is 1.